The molecule has 1 saturated carbocycles. The van der Waals surface area contributed by atoms with Gasteiger partial charge in [-0.2, -0.15) is 0 Å². The monoisotopic (exact) mass is 449 g/mol. The number of hydrogen-bond donors (Lipinski definition) is 0. The van der Waals surface area contributed by atoms with Crippen LogP contribution in [0.1, 0.15) is 58.9 Å². The maximum Gasteiger partial charge on any atom is 0.223 e. The smallest absolute Gasteiger partial charge is 0.223 e. The molecule has 1 fully saturated rings. The highest BCUT2D eigenvalue weighted by Crippen LogP contribution is 2.34. The summed E-state index contributed by atoms with van der Waals surface area (Å²) in [6, 6.07) is 8.62. The molecule has 1 aliphatic heterocycles. The Kier molecular flexibility index (Phi) is 5.89. The number of fused-ring (bicyclic) bond motifs is 3. The number of hydrogen-bond acceptors (Lipinski definition) is 4. The minimum absolute atomic E-state index is 0.201. The zero-order valence-corrected chi connectivity index (χ0v) is 19.8. The summed E-state index contributed by atoms with van der Waals surface area (Å²) in [6.07, 6.45) is 6.48. The molecule has 168 valence electrons. The molecule has 0 saturated heterocycles. The largest absolute Gasteiger partial charge is 0.337 e. The van der Waals surface area contributed by atoms with Crippen molar-refractivity contribution < 1.29 is 9.59 Å². The Morgan fingerprint density at radius 3 is 2.69 bits per heavy atom. The van der Waals surface area contributed by atoms with Crippen LogP contribution < -0.4 is 0 Å². The van der Waals surface area contributed by atoms with Crippen molar-refractivity contribution in [2.24, 2.45) is 11.8 Å². The first kappa shape index (κ1) is 21.4. The van der Waals surface area contributed by atoms with Gasteiger partial charge in [-0.1, -0.05) is 18.2 Å². The van der Waals surface area contributed by atoms with Crippen LogP contribution in [0.15, 0.2) is 24.3 Å². The number of amides is 1. The highest BCUT2D eigenvalue weighted by atomic mass is 32.1. The maximum absolute atomic E-state index is 13.2. The van der Waals surface area contributed by atoms with Crippen molar-refractivity contribution >= 4 is 34.4 Å². The van der Waals surface area contributed by atoms with Crippen molar-refractivity contribution in [2.75, 3.05) is 6.54 Å². The van der Waals surface area contributed by atoms with Gasteiger partial charge in [0.2, 0.25) is 5.91 Å². The highest BCUT2D eigenvalue weighted by Gasteiger charge is 2.29. The van der Waals surface area contributed by atoms with Crippen molar-refractivity contribution in [1.29, 1.82) is 0 Å². The van der Waals surface area contributed by atoms with Crippen molar-refractivity contribution in [3.63, 3.8) is 0 Å². The third-order valence-corrected chi connectivity index (χ3v) is 8.30. The number of aryl methyl sites for hydroxylation is 2. The Morgan fingerprint density at radius 1 is 1.19 bits per heavy atom. The number of thiazole rings is 1. The topological polar surface area (TPSA) is 55.2 Å². The molecule has 1 amide bonds. The number of benzene rings is 1. The quantitative estimate of drug-likeness (QED) is 0.513. The van der Waals surface area contributed by atoms with E-state index in [1.807, 2.05) is 0 Å². The van der Waals surface area contributed by atoms with Gasteiger partial charge in [-0.25, -0.2) is 4.98 Å². The summed E-state index contributed by atoms with van der Waals surface area (Å²) < 4.78 is 2.39. The fourth-order valence-electron chi connectivity index (χ4n) is 5.56. The van der Waals surface area contributed by atoms with Crippen LogP contribution in [-0.2, 0) is 29.1 Å². The van der Waals surface area contributed by atoms with Crippen LogP contribution in [0.3, 0.4) is 0 Å². The van der Waals surface area contributed by atoms with E-state index < -0.39 is 0 Å². The van der Waals surface area contributed by atoms with Gasteiger partial charge in [-0.3, -0.25) is 4.79 Å². The first-order valence-electron chi connectivity index (χ1n) is 11.8. The highest BCUT2D eigenvalue weighted by molar-refractivity contribution is 7.11. The Hall–Kier alpha value is -2.47. The SMILES string of the molecule is Cc1nc(Cn2c3c(c4ccccc42)CCN(C(=O)CC2CCC(C=O)CC2)C3)c(C)s1. The molecule has 3 heterocycles. The summed E-state index contributed by atoms with van der Waals surface area (Å²) in [5, 5.41) is 2.41. The van der Waals surface area contributed by atoms with E-state index in [1.165, 1.54) is 27.0 Å². The number of rotatable bonds is 5. The average molecular weight is 450 g/mol. The van der Waals surface area contributed by atoms with Gasteiger partial charge in [-0.15, -0.1) is 11.3 Å². The van der Waals surface area contributed by atoms with Gasteiger partial charge in [0, 0.05) is 40.4 Å². The van der Waals surface area contributed by atoms with Crippen LogP contribution in [0, 0.1) is 25.7 Å². The predicted molar refractivity (Wildman–Crippen MR) is 128 cm³/mol. The summed E-state index contributed by atoms with van der Waals surface area (Å²) >= 11 is 1.75. The molecule has 32 heavy (non-hydrogen) atoms. The van der Waals surface area contributed by atoms with E-state index >= 15 is 0 Å². The number of carbonyl (C=O) groups is 2. The van der Waals surface area contributed by atoms with Gasteiger partial charge in [0.05, 0.1) is 23.8 Å². The van der Waals surface area contributed by atoms with Crippen LogP contribution in [-0.4, -0.2) is 33.2 Å². The Balaban J connectivity index is 1.39. The van der Waals surface area contributed by atoms with Crippen LogP contribution in [0.5, 0.6) is 0 Å². The average Bonchev–Trinajstić information content (AvgIpc) is 3.30. The normalized spacial score (nSPS) is 21.0. The van der Waals surface area contributed by atoms with Crippen LogP contribution in [0.25, 0.3) is 10.9 Å². The van der Waals surface area contributed by atoms with E-state index in [9.17, 15) is 9.59 Å². The zero-order valence-electron chi connectivity index (χ0n) is 19.0. The molecule has 0 N–H and O–H groups in total. The second-order valence-electron chi connectivity index (χ2n) is 9.45. The molecule has 1 aromatic carbocycles. The van der Waals surface area contributed by atoms with Crippen molar-refractivity contribution in [1.82, 2.24) is 14.5 Å². The zero-order chi connectivity index (χ0) is 22.2. The van der Waals surface area contributed by atoms with E-state index in [4.69, 9.17) is 4.98 Å². The van der Waals surface area contributed by atoms with Crippen molar-refractivity contribution in [2.45, 2.75) is 65.5 Å². The lowest BCUT2D eigenvalue weighted by atomic mass is 9.81. The van der Waals surface area contributed by atoms with E-state index in [0.717, 1.165) is 62.2 Å². The molecule has 3 aromatic rings. The summed E-state index contributed by atoms with van der Waals surface area (Å²) in [5.41, 5.74) is 5.02. The molecule has 1 aliphatic carbocycles. The molecule has 6 heteroatoms. The molecular formula is C26H31N3O2S. The van der Waals surface area contributed by atoms with Gasteiger partial charge in [0.1, 0.15) is 6.29 Å². The Morgan fingerprint density at radius 2 is 1.97 bits per heavy atom. The van der Waals surface area contributed by atoms with Gasteiger partial charge in [-0.05, 0) is 63.5 Å². The summed E-state index contributed by atoms with van der Waals surface area (Å²) in [7, 11) is 0. The Bertz CT molecular complexity index is 1150. The summed E-state index contributed by atoms with van der Waals surface area (Å²) in [6.45, 7) is 6.43. The fourth-order valence-corrected chi connectivity index (χ4v) is 6.39. The third-order valence-electron chi connectivity index (χ3n) is 7.37. The molecule has 2 aliphatic rings. The fraction of sp³-hybridized carbons (Fsp3) is 0.500. The molecule has 0 bridgehead atoms. The van der Waals surface area contributed by atoms with Crippen molar-refractivity contribution in [3.05, 3.63) is 51.1 Å². The van der Waals surface area contributed by atoms with E-state index in [1.54, 1.807) is 11.3 Å². The summed E-state index contributed by atoms with van der Waals surface area (Å²) in [5.74, 6) is 0.890. The number of para-hydroxylation sites is 1. The molecule has 2 aromatic heterocycles. The van der Waals surface area contributed by atoms with E-state index in [2.05, 4.69) is 47.6 Å². The molecule has 0 unspecified atom stereocenters. The predicted octanol–water partition coefficient (Wildman–Crippen LogP) is 5.04. The summed E-state index contributed by atoms with van der Waals surface area (Å²) in [4.78, 5) is 32.3. The standard InChI is InChI=1S/C26H31N3O2S/c1-17-23(27-18(2)32-17)14-29-24-6-4-3-5-21(24)22-11-12-28(15-25(22)29)26(31)13-19-7-9-20(16-30)10-8-19/h3-6,16,19-20H,7-15H2,1-2H3. The molecule has 0 atom stereocenters. The minimum atomic E-state index is 0.201. The minimum Gasteiger partial charge on any atom is -0.337 e. The van der Waals surface area contributed by atoms with Gasteiger partial charge < -0.3 is 14.3 Å². The Labute approximate surface area is 193 Å². The van der Waals surface area contributed by atoms with Crippen LogP contribution in [0.2, 0.25) is 0 Å². The third kappa shape index (κ3) is 4.01. The second kappa shape index (κ2) is 8.81. The number of aromatic nitrogens is 2. The molecular weight excluding hydrogens is 418 g/mol. The molecule has 5 nitrogen and oxygen atoms in total. The molecule has 0 spiro atoms. The first-order valence-corrected chi connectivity index (χ1v) is 12.6. The van der Waals surface area contributed by atoms with E-state index in [-0.39, 0.29) is 11.8 Å². The van der Waals surface area contributed by atoms with Crippen molar-refractivity contribution in [3.8, 4) is 0 Å². The van der Waals surface area contributed by atoms with Crippen LogP contribution >= 0.6 is 11.3 Å². The molecule has 0 radical (unpaired) electrons. The first-order chi connectivity index (χ1) is 15.5. The second-order valence-corrected chi connectivity index (χ2v) is 10.9. The number of aldehydes is 1. The maximum atomic E-state index is 13.2. The van der Waals surface area contributed by atoms with Gasteiger partial charge in [0.25, 0.3) is 0 Å². The number of carbonyl (C=O) groups excluding carboxylic acids is 2. The lowest BCUT2D eigenvalue weighted by Gasteiger charge is -2.31. The number of nitrogens with zero attached hydrogens (tertiary/aromatic N) is 3. The molecule has 5 rings (SSSR count). The van der Waals surface area contributed by atoms with E-state index in [0.29, 0.717) is 18.9 Å². The lowest BCUT2D eigenvalue weighted by Crippen LogP contribution is -2.38. The van der Waals surface area contributed by atoms with Gasteiger partial charge in [0.15, 0.2) is 0 Å². The lowest BCUT2D eigenvalue weighted by molar-refractivity contribution is -0.133. The van der Waals surface area contributed by atoms with Crippen LogP contribution in [0.4, 0.5) is 0 Å². The van der Waals surface area contributed by atoms with Gasteiger partial charge >= 0.3 is 0 Å².